The first-order valence-electron chi connectivity index (χ1n) is 14.3. The molecule has 1 amide bonds. The van der Waals surface area contributed by atoms with Gasteiger partial charge in [0, 0.05) is 48.6 Å². The van der Waals surface area contributed by atoms with Crippen molar-refractivity contribution in [2.45, 2.75) is 58.0 Å². The number of piperidine rings is 1. The predicted molar refractivity (Wildman–Crippen MR) is 161 cm³/mol. The summed E-state index contributed by atoms with van der Waals surface area (Å²) in [6, 6.07) is 27.8. The lowest BCUT2D eigenvalue weighted by Gasteiger charge is -2.35. The maximum atomic E-state index is 11.2. The van der Waals surface area contributed by atoms with E-state index in [0.717, 1.165) is 27.9 Å². The molecule has 1 fully saturated rings. The minimum Gasteiger partial charge on any atom is -0.473 e. The van der Waals surface area contributed by atoms with E-state index in [1.807, 2.05) is 91.1 Å². The van der Waals surface area contributed by atoms with Crippen molar-refractivity contribution in [1.29, 1.82) is 0 Å². The van der Waals surface area contributed by atoms with Gasteiger partial charge in [0.2, 0.25) is 11.8 Å². The third-order valence-electron chi connectivity index (χ3n) is 7.22. The van der Waals surface area contributed by atoms with E-state index >= 15 is 0 Å². The minimum absolute atomic E-state index is 0.0351. The highest BCUT2D eigenvalue weighted by molar-refractivity contribution is 5.68. The Kier molecular flexibility index (Phi) is 9.34. The topological polar surface area (TPSA) is 94.0 Å². The summed E-state index contributed by atoms with van der Waals surface area (Å²) < 4.78 is 18.6. The second kappa shape index (κ2) is 13.5. The molecule has 0 bridgehead atoms. The molecule has 4 aromatic rings. The number of hydrogen-bond acceptors (Lipinski definition) is 6. The summed E-state index contributed by atoms with van der Waals surface area (Å²) in [5, 5.41) is 9.20. The highest BCUT2D eigenvalue weighted by atomic mass is 16.5. The van der Waals surface area contributed by atoms with Crippen molar-refractivity contribution >= 4 is 6.09 Å². The first kappa shape index (κ1) is 29.1. The summed E-state index contributed by atoms with van der Waals surface area (Å²) in [7, 11) is 0. The summed E-state index contributed by atoms with van der Waals surface area (Å²) >= 11 is 0. The van der Waals surface area contributed by atoms with Crippen molar-refractivity contribution in [2.24, 2.45) is 0 Å². The van der Waals surface area contributed by atoms with Crippen LogP contribution in [0.4, 0.5) is 4.79 Å². The molecule has 0 spiro atoms. The summed E-state index contributed by atoms with van der Waals surface area (Å²) in [6.07, 6.45) is 3.04. The summed E-state index contributed by atoms with van der Waals surface area (Å²) in [6.45, 7) is 5.91. The zero-order valence-corrected chi connectivity index (χ0v) is 24.1. The molecule has 0 radical (unpaired) electrons. The highest BCUT2D eigenvalue weighted by Crippen LogP contribution is 2.32. The van der Waals surface area contributed by atoms with Gasteiger partial charge in [-0.05, 0) is 49.9 Å². The van der Waals surface area contributed by atoms with Crippen molar-refractivity contribution < 1.29 is 24.1 Å². The van der Waals surface area contributed by atoms with E-state index in [1.165, 1.54) is 4.90 Å². The van der Waals surface area contributed by atoms with Crippen LogP contribution in [-0.2, 0) is 24.4 Å². The molecule has 2 aromatic heterocycles. The summed E-state index contributed by atoms with van der Waals surface area (Å²) in [5.74, 6) is 0.971. The summed E-state index contributed by atoms with van der Waals surface area (Å²) in [4.78, 5) is 22.1. The number of carbonyl (C=O) groups is 1. The van der Waals surface area contributed by atoms with Gasteiger partial charge in [0.1, 0.15) is 13.2 Å². The Labute approximate surface area is 246 Å². The average molecular weight is 568 g/mol. The van der Waals surface area contributed by atoms with Crippen molar-refractivity contribution in [1.82, 2.24) is 14.9 Å². The van der Waals surface area contributed by atoms with Crippen LogP contribution in [-0.4, -0.2) is 50.9 Å². The van der Waals surface area contributed by atoms with Crippen molar-refractivity contribution in [3.8, 4) is 22.9 Å². The number of carboxylic acid groups (broad SMARTS) is 1. The molecular formula is C34H37N3O5. The SMILES string of the molecule is CC(C)(Cc1ccc(-c2ccc(OCc3ccccc3)nc2OCc2ccccc2)cn1)OC1CCN(C(=O)O)CC1. The number of amides is 1. The van der Waals surface area contributed by atoms with Gasteiger partial charge in [0.15, 0.2) is 0 Å². The molecule has 0 atom stereocenters. The van der Waals surface area contributed by atoms with E-state index in [4.69, 9.17) is 24.2 Å². The Morgan fingerprint density at radius 3 is 2.12 bits per heavy atom. The highest BCUT2D eigenvalue weighted by Gasteiger charge is 2.29. The molecule has 218 valence electrons. The van der Waals surface area contributed by atoms with E-state index in [0.29, 0.717) is 57.3 Å². The van der Waals surface area contributed by atoms with Crippen LogP contribution in [0, 0.1) is 0 Å². The van der Waals surface area contributed by atoms with Crippen LogP contribution in [0.15, 0.2) is 91.1 Å². The van der Waals surface area contributed by atoms with Crippen LogP contribution < -0.4 is 9.47 Å². The fraction of sp³-hybridized carbons (Fsp3) is 0.324. The fourth-order valence-corrected chi connectivity index (χ4v) is 5.07. The molecule has 1 aliphatic rings. The molecule has 3 heterocycles. The van der Waals surface area contributed by atoms with Crippen LogP contribution >= 0.6 is 0 Å². The van der Waals surface area contributed by atoms with Crippen LogP contribution in [0.25, 0.3) is 11.1 Å². The molecule has 1 aliphatic heterocycles. The van der Waals surface area contributed by atoms with Crippen LogP contribution in [0.1, 0.15) is 43.5 Å². The lowest BCUT2D eigenvalue weighted by atomic mass is 9.99. The number of hydrogen-bond donors (Lipinski definition) is 1. The largest absolute Gasteiger partial charge is 0.473 e. The first-order chi connectivity index (χ1) is 20.3. The normalized spacial score (nSPS) is 14.0. The number of rotatable bonds is 11. The van der Waals surface area contributed by atoms with E-state index in [1.54, 1.807) is 0 Å². The summed E-state index contributed by atoms with van der Waals surface area (Å²) in [5.41, 5.74) is 4.31. The Hall–Kier alpha value is -4.43. The Bertz CT molecular complexity index is 1440. The number of likely N-dealkylation sites (tertiary alicyclic amines) is 1. The lowest BCUT2D eigenvalue weighted by molar-refractivity contribution is -0.0897. The van der Waals surface area contributed by atoms with Crippen molar-refractivity contribution in [3.63, 3.8) is 0 Å². The predicted octanol–water partition coefficient (Wildman–Crippen LogP) is 6.78. The molecule has 0 aliphatic carbocycles. The monoisotopic (exact) mass is 567 g/mol. The van der Waals surface area contributed by atoms with E-state index in [2.05, 4.69) is 13.8 Å². The number of ether oxygens (including phenoxy) is 3. The number of aromatic nitrogens is 2. The second-order valence-corrected chi connectivity index (χ2v) is 11.1. The van der Waals surface area contributed by atoms with Crippen LogP contribution in [0.5, 0.6) is 11.8 Å². The molecule has 1 N–H and O–H groups in total. The zero-order valence-electron chi connectivity index (χ0n) is 24.1. The fourth-order valence-electron chi connectivity index (χ4n) is 5.07. The Morgan fingerprint density at radius 1 is 0.881 bits per heavy atom. The third-order valence-corrected chi connectivity index (χ3v) is 7.22. The van der Waals surface area contributed by atoms with Crippen molar-refractivity contribution in [2.75, 3.05) is 13.1 Å². The van der Waals surface area contributed by atoms with Gasteiger partial charge in [-0.25, -0.2) is 4.79 Å². The number of pyridine rings is 2. The van der Waals surface area contributed by atoms with Gasteiger partial charge in [-0.1, -0.05) is 66.7 Å². The van der Waals surface area contributed by atoms with E-state index < -0.39 is 11.7 Å². The van der Waals surface area contributed by atoms with Gasteiger partial charge in [-0.15, -0.1) is 0 Å². The molecule has 5 rings (SSSR count). The third kappa shape index (κ3) is 8.07. The van der Waals surface area contributed by atoms with Gasteiger partial charge in [-0.2, -0.15) is 4.98 Å². The molecule has 0 saturated carbocycles. The quantitative estimate of drug-likeness (QED) is 0.213. The Morgan fingerprint density at radius 2 is 1.52 bits per heavy atom. The average Bonchev–Trinajstić information content (AvgIpc) is 3.00. The lowest BCUT2D eigenvalue weighted by Crippen LogP contribution is -2.43. The smallest absolute Gasteiger partial charge is 0.407 e. The second-order valence-electron chi connectivity index (χ2n) is 11.1. The van der Waals surface area contributed by atoms with Crippen LogP contribution in [0.3, 0.4) is 0 Å². The molecule has 2 aromatic carbocycles. The molecule has 8 nitrogen and oxygen atoms in total. The molecule has 0 unspecified atom stereocenters. The van der Waals surface area contributed by atoms with Gasteiger partial charge < -0.3 is 24.2 Å². The maximum absolute atomic E-state index is 11.2. The molecule has 1 saturated heterocycles. The standard InChI is InChI=1S/C34H37N3O5/c1-34(2,42-29-17-19-37(20-18-29)33(38)39)21-28-14-13-27(22-35-28)30-15-16-31(40-23-25-9-5-3-6-10-25)36-32(30)41-24-26-11-7-4-8-12-26/h3-16,22,29H,17-21,23-24H2,1-2H3,(H,38,39). The van der Waals surface area contributed by atoms with Crippen molar-refractivity contribution in [3.05, 3.63) is 108 Å². The minimum atomic E-state index is -0.866. The number of benzene rings is 2. The number of nitrogens with zero attached hydrogens (tertiary/aromatic N) is 3. The Balaban J connectivity index is 1.27. The molecule has 42 heavy (non-hydrogen) atoms. The van der Waals surface area contributed by atoms with Gasteiger partial charge >= 0.3 is 6.09 Å². The maximum Gasteiger partial charge on any atom is 0.407 e. The zero-order chi connectivity index (χ0) is 29.4. The van der Waals surface area contributed by atoms with Crippen LogP contribution in [0.2, 0.25) is 0 Å². The van der Waals surface area contributed by atoms with E-state index in [-0.39, 0.29) is 6.10 Å². The molecular weight excluding hydrogens is 530 g/mol. The van der Waals surface area contributed by atoms with Gasteiger partial charge in [-0.3, -0.25) is 4.98 Å². The van der Waals surface area contributed by atoms with Gasteiger partial charge in [0.05, 0.1) is 11.7 Å². The van der Waals surface area contributed by atoms with E-state index in [9.17, 15) is 9.90 Å². The molecule has 8 heteroatoms. The first-order valence-corrected chi connectivity index (χ1v) is 14.3. The van der Waals surface area contributed by atoms with Gasteiger partial charge in [0.25, 0.3) is 0 Å².